The van der Waals surface area contributed by atoms with E-state index < -0.39 is 27.1 Å². The molecule has 3 rings (SSSR count). The Morgan fingerprint density at radius 1 is 0.971 bits per heavy atom. The lowest BCUT2D eigenvalue weighted by Gasteiger charge is -2.27. The van der Waals surface area contributed by atoms with E-state index in [9.17, 15) is 18.3 Å². The number of nitrogens with zero attached hydrogens (tertiary/aromatic N) is 2. The van der Waals surface area contributed by atoms with Gasteiger partial charge in [0, 0.05) is 12.1 Å². The first-order valence-electron chi connectivity index (χ1n) is 10.3. The SMILES string of the molecule is [C-]#[N+]c1ccc(C[C@](O)(CS(=O)(=O)c2ccc(C)cc2)C(=O)Nc2ccc([N+]#[C-])c(C)c2)cc1. The van der Waals surface area contributed by atoms with Crippen LogP contribution in [-0.2, 0) is 21.1 Å². The van der Waals surface area contributed by atoms with Crippen molar-refractivity contribution < 1.29 is 18.3 Å². The van der Waals surface area contributed by atoms with Gasteiger partial charge in [-0.3, -0.25) is 4.79 Å². The average molecular weight is 474 g/mol. The molecule has 172 valence electrons. The molecule has 34 heavy (non-hydrogen) atoms. The lowest BCUT2D eigenvalue weighted by atomic mass is 9.95. The maximum Gasteiger partial charge on any atom is 0.257 e. The van der Waals surface area contributed by atoms with Crippen molar-refractivity contribution in [1.82, 2.24) is 0 Å². The molecule has 0 saturated carbocycles. The smallest absolute Gasteiger partial charge is 0.257 e. The third-order valence-corrected chi connectivity index (χ3v) is 7.22. The number of aryl methyl sites for hydroxylation is 2. The Morgan fingerprint density at radius 3 is 2.18 bits per heavy atom. The molecule has 0 saturated heterocycles. The fraction of sp³-hybridized carbons (Fsp3) is 0.192. The second-order valence-corrected chi connectivity index (χ2v) is 10.1. The maximum atomic E-state index is 13.3. The van der Waals surface area contributed by atoms with Crippen LogP contribution in [0.2, 0.25) is 0 Å². The van der Waals surface area contributed by atoms with Crippen LogP contribution in [0.15, 0.2) is 71.6 Å². The Hall–Kier alpha value is -3.98. The van der Waals surface area contributed by atoms with Crippen molar-refractivity contribution >= 4 is 32.8 Å². The van der Waals surface area contributed by atoms with Gasteiger partial charge >= 0.3 is 0 Å². The molecule has 3 aromatic carbocycles. The van der Waals surface area contributed by atoms with Crippen LogP contribution in [0.5, 0.6) is 0 Å². The van der Waals surface area contributed by atoms with Crippen molar-refractivity contribution in [3.05, 3.63) is 106 Å². The number of hydrogen-bond acceptors (Lipinski definition) is 4. The van der Waals surface area contributed by atoms with Crippen LogP contribution in [0.4, 0.5) is 17.1 Å². The highest BCUT2D eigenvalue weighted by Gasteiger charge is 2.41. The van der Waals surface area contributed by atoms with Gasteiger partial charge in [-0.25, -0.2) is 18.1 Å². The van der Waals surface area contributed by atoms with Crippen molar-refractivity contribution in [2.45, 2.75) is 30.8 Å². The van der Waals surface area contributed by atoms with Crippen molar-refractivity contribution in [2.75, 3.05) is 11.1 Å². The predicted molar refractivity (Wildman–Crippen MR) is 131 cm³/mol. The van der Waals surface area contributed by atoms with Gasteiger partial charge in [-0.2, -0.15) is 0 Å². The van der Waals surface area contributed by atoms with E-state index in [1.807, 2.05) is 6.92 Å². The largest absolute Gasteiger partial charge is 0.379 e. The third-order valence-electron chi connectivity index (χ3n) is 5.37. The summed E-state index contributed by atoms with van der Waals surface area (Å²) in [6.07, 6.45) is -0.276. The summed E-state index contributed by atoms with van der Waals surface area (Å²) in [6.45, 7) is 17.8. The summed E-state index contributed by atoms with van der Waals surface area (Å²) in [5.74, 6) is -1.72. The van der Waals surface area contributed by atoms with Gasteiger partial charge in [-0.05, 0) is 49.2 Å². The van der Waals surface area contributed by atoms with E-state index >= 15 is 0 Å². The van der Waals surface area contributed by atoms with Gasteiger partial charge in [0.2, 0.25) is 0 Å². The minimum absolute atomic E-state index is 0.00457. The summed E-state index contributed by atoms with van der Waals surface area (Å²) in [7, 11) is -4.02. The first kappa shape index (κ1) is 24.7. The number of aliphatic hydroxyl groups is 1. The number of carbonyl (C=O) groups excluding carboxylic acids is 1. The number of sulfone groups is 1. The summed E-state index contributed by atoms with van der Waals surface area (Å²) in [5.41, 5.74) is 0.876. The number of rotatable bonds is 7. The van der Waals surface area contributed by atoms with Crippen molar-refractivity contribution in [1.29, 1.82) is 0 Å². The minimum atomic E-state index is -4.02. The molecule has 0 unspecified atom stereocenters. The number of benzene rings is 3. The highest BCUT2D eigenvalue weighted by molar-refractivity contribution is 7.91. The first-order chi connectivity index (χ1) is 16.1. The average Bonchev–Trinajstić information content (AvgIpc) is 2.79. The van der Waals surface area contributed by atoms with Gasteiger partial charge in [-0.1, -0.05) is 48.0 Å². The standard InChI is InChI=1S/C26H23N3O4S/c1-18-5-12-23(13-6-18)34(32,33)17-26(31,16-20-7-9-21(27-3)10-8-20)25(30)29-22-11-14-24(28-4)19(2)15-22/h5-15,31H,16-17H2,1-2H3,(H,29,30)/t26-/m0/s1. The Balaban J connectivity index is 1.96. The molecule has 0 aromatic heterocycles. The lowest BCUT2D eigenvalue weighted by molar-refractivity contribution is -0.131. The molecule has 0 fully saturated rings. The molecule has 0 aliphatic heterocycles. The molecule has 0 aliphatic rings. The van der Waals surface area contributed by atoms with Crippen molar-refractivity contribution in [3.63, 3.8) is 0 Å². The van der Waals surface area contributed by atoms with E-state index in [-0.39, 0.29) is 11.3 Å². The zero-order valence-corrected chi connectivity index (χ0v) is 19.6. The second kappa shape index (κ2) is 9.88. The van der Waals surface area contributed by atoms with Crippen molar-refractivity contribution in [3.8, 4) is 0 Å². The van der Waals surface area contributed by atoms with Crippen LogP contribution in [0.1, 0.15) is 16.7 Å². The molecule has 1 atom stereocenters. The molecule has 3 aromatic rings. The minimum Gasteiger partial charge on any atom is -0.379 e. The van der Waals surface area contributed by atoms with E-state index in [2.05, 4.69) is 15.0 Å². The van der Waals surface area contributed by atoms with Crippen LogP contribution in [0.3, 0.4) is 0 Å². The summed E-state index contributed by atoms with van der Waals surface area (Å²) < 4.78 is 26.3. The Labute approximate surface area is 199 Å². The van der Waals surface area contributed by atoms with Gasteiger partial charge < -0.3 is 10.4 Å². The van der Waals surface area contributed by atoms with Crippen LogP contribution in [0.25, 0.3) is 9.69 Å². The molecule has 0 bridgehead atoms. The van der Waals surface area contributed by atoms with Gasteiger partial charge in [0.15, 0.2) is 26.8 Å². The van der Waals surface area contributed by atoms with E-state index in [1.54, 1.807) is 55.5 Å². The number of amides is 1. The Bertz CT molecular complexity index is 1400. The van der Waals surface area contributed by atoms with Crippen molar-refractivity contribution in [2.24, 2.45) is 0 Å². The van der Waals surface area contributed by atoms with E-state index in [0.29, 0.717) is 28.2 Å². The summed E-state index contributed by atoms with van der Waals surface area (Å²) in [5, 5.41) is 14.0. The number of hydrogen-bond donors (Lipinski definition) is 2. The topological polar surface area (TPSA) is 92.2 Å². The molecule has 0 radical (unpaired) electrons. The number of nitrogens with one attached hydrogen (secondary N) is 1. The molecule has 0 heterocycles. The fourth-order valence-electron chi connectivity index (χ4n) is 3.47. The van der Waals surface area contributed by atoms with E-state index in [1.165, 1.54) is 18.2 Å². The van der Waals surface area contributed by atoms with Crippen LogP contribution in [-0.4, -0.2) is 30.8 Å². The predicted octanol–water partition coefficient (Wildman–Crippen LogP) is 4.79. The molecule has 7 nitrogen and oxygen atoms in total. The maximum absolute atomic E-state index is 13.3. The molecule has 8 heteroatoms. The summed E-state index contributed by atoms with van der Waals surface area (Å²) in [6, 6.07) is 17.1. The lowest BCUT2D eigenvalue weighted by Crippen LogP contribution is -2.50. The third kappa shape index (κ3) is 5.68. The molecule has 0 aliphatic carbocycles. The van der Waals surface area contributed by atoms with Crippen LogP contribution in [0, 0.1) is 27.0 Å². The fourth-order valence-corrected chi connectivity index (χ4v) is 5.05. The zero-order chi connectivity index (χ0) is 24.9. The second-order valence-electron chi connectivity index (χ2n) is 8.13. The molecular weight excluding hydrogens is 450 g/mol. The zero-order valence-electron chi connectivity index (χ0n) is 18.7. The number of carbonyl (C=O) groups is 1. The summed E-state index contributed by atoms with van der Waals surface area (Å²) >= 11 is 0. The monoisotopic (exact) mass is 473 g/mol. The van der Waals surface area contributed by atoms with E-state index in [4.69, 9.17) is 13.1 Å². The van der Waals surface area contributed by atoms with Crippen LogP contribution >= 0.6 is 0 Å². The highest BCUT2D eigenvalue weighted by Crippen LogP contribution is 2.26. The van der Waals surface area contributed by atoms with Gasteiger partial charge in [0.1, 0.15) is 0 Å². The Morgan fingerprint density at radius 2 is 1.62 bits per heavy atom. The Kier molecular flexibility index (Phi) is 7.17. The molecule has 0 spiro atoms. The van der Waals surface area contributed by atoms with Gasteiger partial charge in [-0.15, -0.1) is 0 Å². The van der Waals surface area contributed by atoms with Gasteiger partial charge in [0.05, 0.1) is 23.8 Å². The molecule has 2 N–H and O–H groups in total. The number of anilines is 1. The van der Waals surface area contributed by atoms with E-state index in [0.717, 1.165) is 5.56 Å². The molecule has 1 amide bonds. The first-order valence-corrected chi connectivity index (χ1v) is 12.0. The highest BCUT2D eigenvalue weighted by atomic mass is 32.2. The van der Waals surface area contributed by atoms with Crippen LogP contribution < -0.4 is 5.32 Å². The normalized spacial score (nSPS) is 12.7. The van der Waals surface area contributed by atoms with Gasteiger partial charge in [0.25, 0.3) is 5.91 Å². The quantitative estimate of drug-likeness (QED) is 0.483. The molecular formula is C26H23N3O4S. The summed E-state index contributed by atoms with van der Waals surface area (Å²) in [4.78, 5) is 20.0.